The van der Waals surface area contributed by atoms with Crippen molar-refractivity contribution in [1.82, 2.24) is 0 Å². The zero-order valence-corrected chi connectivity index (χ0v) is 12.6. The van der Waals surface area contributed by atoms with Crippen LogP contribution in [-0.2, 0) is 6.54 Å². The first kappa shape index (κ1) is 14.5. The number of rotatable bonds is 4. The summed E-state index contributed by atoms with van der Waals surface area (Å²) in [6.07, 6.45) is 0. The number of halogens is 2. The van der Waals surface area contributed by atoms with Crippen molar-refractivity contribution in [2.24, 2.45) is 5.73 Å². The molecule has 0 aromatic heterocycles. The molecule has 0 unspecified atom stereocenters. The van der Waals surface area contributed by atoms with E-state index in [9.17, 15) is 4.39 Å². The molecule has 3 nitrogen and oxygen atoms in total. The molecule has 0 aliphatic heterocycles. The number of nitrogens with one attached hydrogen (secondary N) is 1. The maximum atomic E-state index is 12.9. The van der Waals surface area contributed by atoms with Crippen molar-refractivity contribution in [2.45, 2.75) is 6.54 Å². The lowest BCUT2D eigenvalue weighted by atomic mass is 10.1. The van der Waals surface area contributed by atoms with Crippen LogP contribution in [0.4, 0.5) is 10.1 Å². The summed E-state index contributed by atoms with van der Waals surface area (Å²) in [5.74, 6) is -0.235. The van der Waals surface area contributed by atoms with E-state index in [-0.39, 0.29) is 11.7 Å². The van der Waals surface area contributed by atoms with E-state index in [1.807, 2.05) is 30.1 Å². The number of hydrogen-bond donors (Lipinski definition) is 2. The largest absolute Gasteiger partial charge is 0.384 e. The minimum atomic E-state index is -0.247. The second kappa shape index (κ2) is 6.05. The minimum absolute atomic E-state index is 0.0124. The molecule has 0 saturated heterocycles. The summed E-state index contributed by atoms with van der Waals surface area (Å²) >= 11 is 3.41. The molecule has 0 spiro atoms. The van der Waals surface area contributed by atoms with Crippen LogP contribution in [0.2, 0.25) is 0 Å². The number of nitrogen functional groups attached to an aromatic ring is 1. The molecule has 0 aliphatic rings. The molecule has 104 valence electrons. The highest BCUT2D eigenvalue weighted by Gasteiger charge is 2.13. The van der Waals surface area contributed by atoms with Crippen molar-refractivity contribution in [2.75, 3.05) is 11.9 Å². The molecule has 2 aromatic carbocycles. The number of nitrogens with two attached hydrogens (primary N) is 1. The van der Waals surface area contributed by atoms with E-state index in [1.165, 1.54) is 12.1 Å². The quantitative estimate of drug-likeness (QED) is 0.663. The van der Waals surface area contributed by atoms with Gasteiger partial charge in [0.05, 0.1) is 5.56 Å². The number of hydrogen-bond acceptors (Lipinski definition) is 2. The molecule has 0 aliphatic carbocycles. The zero-order chi connectivity index (χ0) is 14.7. The Morgan fingerprint density at radius 2 is 1.90 bits per heavy atom. The molecule has 20 heavy (non-hydrogen) atoms. The van der Waals surface area contributed by atoms with Crippen molar-refractivity contribution in [3.05, 3.63) is 63.9 Å². The second-order valence-electron chi connectivity index (χ2n) is 4.53. The monoisotopic (exact) mass is 335 g/mol. The van der Waals surface area contributed by atoms with Crippen LogP contribution in [0.25, 0.3) is 0 Å². The van der Waals surface area contributed by atoms with E-state index in [0.29, 0.717) is 12.1 Å². The normalized spacial score (nSPS) is 10.3. The van der Waals surface area contributed by atoms with Crippen LogP contribution in [0.5, 0.6) is 0 Å². The van der Waals surface area contributed by atoms with Gasteiger partial charge in [-0.2, -0.15) is 0 Å². The summed E-state index contributed by atoms with van der Waals surface area (Å²) in [4.78, 5) is 1.98. The fourth-order valence-corrected chi connectivity index (χ4v) is 2.62. The minimum Gasteiger partial charge on any atom is -0.384 e. The van der Waals surface area contributed by atoms with Crippen LogP contribution in [0.3, 0.4) is 0 Å². The molecule has 0 fully saturated rings. The van der Waals surface area contributed by atoms with Gasteiger partial charge < -0.3 is 10.6 Å². The summed E-state index contributed by atoms with van der Waals surface area (Å²) in [5.41, 5.74) is 8.15. The van der Waals surface area contributed by atoms with Crippen LogP contribution >= 0.6 is 15.9 Å². The van der Waals surface area contributed by atoms with Gasteiger partial charge in [-0.3, -0.25) is 5.41 Å². The third kappa shape index (κ3) is 3.17. The molecule has 3 N–H and O–H groups in total. The van der Waals surface area contributed by atoms with Gasteiger partial charge >= 0.3 is 0 Å². The van der Waals surface area contributed by atoms with Gasteiger partial charge in [-0.1, -0.05) is 18.2 Å². The second-order valence-corrected chi connectivity index (χ2v) is 5.38. The zero-order valence-electron chi connectivity index (χ0n) is 11.0. The van der Waals surface area contributed by atoms with Gasteiger partial charge in [-0.15, -0.1) is 0 Å². The first-order valence-electron chi connectivity index (χ1n) is 6.07. The molecule has 0 amide bonds. The van der Waals surface area contributed by atoms with Gasteiger partial charge in [0, 0.05) is 23.8 Å². The molecule has 0 saturated carbocycles. The number of benzene rings is 2. The van der Waals surface area contributed by atoms with Gasteiger partial charge in [0.25, 0.3) is 0 Å². The summed E-state index contributed by atoms with van der Waals surface area (Å²) < 4.78 is 13.7. The molecule has 0 bridgehead atoms. The highest BCUT2D eigenvalue weighted by molar-refractivity contribution is 9.10. The third-order valence-corrected chi connectivity index (χ3v) is 3.67. The van der Waals surface area contributed by atoms with Gasteiger partial charge in [0.15, 0.2) is 0 Å². The summed E-state index contributed by atoms with van der Waals surface area (Å²) in [5, 5.41) is 7.69. The van der Waals surface area contributed by atoms with Crippen LogP contribution in [0, 0.1) is 11.2 Å². The summed E-state index contributed by atoms with van der Waals surface area (Å²) in [6, 6.07) is 12.0. The third-order valence-electron chi connectivity index (χ3n) is 3.01. The molecule has 2 rings (SSSR count). The number of nitrogens with zero attached hydrogens (tertiary/aromatic N) is 1. The van der Waals surface area contributed by atoms with Crippen LogP contribution < -0.4 is 10.6 Å². The predicted octanol–water partition coefficient (Wildman–Crippen LogP) is 3.51. The SMILES string of the molecule is CN(Cc1ccc(F)cc1)c1cccc(Br)c1C(=N)N. The van der Waals surface area contributed by atoms with Crippen molar-refractivity contribution in [3.63, 3.8) is 0 Å². The topological polar surface area (TPSA) is 53.1 Å². The molecule has 0 radical (unpaired) electrons. The van der Waals surface area contributed by atoms with E-state index in [0.717, 1.165) is 15.7 Å². The average molecular weight is 336 g/mol. The maximum absolute atomic E-state index is 12.9. The highest BCUT2D eigenvalue weighted by Crippen LogP contribution is 2.27. The maximum Gasteiger partial charge on any atom is 0.126 e. The van der Waals surface area contributed by atoms with Crippen molar-refractivity contribution in [1.29, 1.82) is 5.41 Å². The standard InChI is InChI=1S/C15H15BrFN3/c1-20(9-10-5-7-11(17)8-6-10)13-4-2-3-12(16)14(13)15(18)19/h2-8H,9H2,1H3,(H3,18,19). The van der Waals surface area contributed by atoms with Crippen LogP contribution in [0.15, 0.2) is 46.9 Å². The Bertz CT molecular complexity index is 626. The first-order chi connectivity index (χ1) is 9.49. The lowest BCUT2D eigenvalue weighted by Crippen LogP contribution is -2.22. The van der Waals surface area contributed by atoms with Gasteiger partial charge in [0.1, 0.15) is 11.7 Å². The highest BCUT2D eigenvalue weighted by atomic mass is 79.9. The Morgan fingerprint density at radius 3 is 2.50 bits per heavy atom. The summed E-state index contributed by atoms with van der Waals surface area (Å²) in [7, 11) is 1.91. The molecule has 0 atom stereocenters. The average Bonchev–Trinajstić information content (AvgIpc) is 2.40. The Labute approximate surface area is 125 Å². The smallest absolute Gasteiger partial charge is 0.126 e. The lowest BCUT2D eigenvalue weighted by Gasteiger charge is -2.23. The van der Waals surface area contributed by atoms with Crippen LogP contribution in [-0.4, -0.2) is 12.9 Å². The van der Waals surface area contributed by atoms with Crippen LogP contribution in [0.1, 0.15) is 11.1 Å². The van der Waals surface area contributed by atoms with Crippen molar-refractivity contribution < 1.29 is 4.39 Å². The van der Waals surface area contributed by atoms with Gasteiger partial charge in [0.2, 0.25) is 0 Å². The van der Waals surface area contributed by atoms with E-state index in [1.54, 1.807) is 12.1 Å². The number of anilines is 1. The molecule has 0 heterocycles. The Balaban J connectivity index is 2.29. The first-order valence-corrected chi connectivity index (χ1v) is 6.87. The Morgan fingerprint density at radius 1 is 1.25 bits per heavy atom. The van der Waals surface area contributed by atoms with Gasteiger partial charge in [-0.05, 0) is 45.8 Å². The fraction of sp³-hybridized carbons (Fsp3) is 0.133. The van der Waals surface area contributed by atoms with Gasteiger partial charge in [-0.25, -0.2) is 4.39 Å². The Hall–Kier alpha value is -1.88. The number of amidine groups is 1. The molecule has 2 aromatic rings. The van der Waals surface area contributed by atoms with E-state index in [2.05, 4.69) is 15.9 Å². The van der Waals surface area contributed by atoms with Crippen molar-refractivity contribution >= 4 is 27.5 Å². The molecular weight excluding hydrogens is 321 g/mol. The Kier molecular flexibility index (Phi) is 4.39. The van der Waals surface area contributed by atoms with E-state index in [4.69, 9.17) is 11.1 Å². The molecular formula is C15H15BrFN3. The van der Waals surface area contributed by atoms with E-state index >= 15 is 0 Å². The fourth-order valence-electron chi connectivity index (χ4n) is 2.05. The summed E-state index contributed by atoms with van der Waals surface area (Å²) in [6.45, 7) is 0.608. The van der Waals surface area contributed by atoms with E-state index < -0.39 is 0 Å². The van der Waals surface area contributed by atoms with Crippen molar-refractivity contribution in [3.8, 4) is 0 Å². The lowest BCUT2D eigenvalue weighted by molar-refractivity contribution is 0.627. The predicted molar refractivity (Wildman–Crippen MR) is 83.7 cm³/mol. The molecule has 5 heteroatoms.